The minimum atomic E-state index is 0.704. The van der Waals surface area contributed by atoms with E-state index in [-0.39, 0.29) is 0 Å². The molecule has 1 aliphatic carbocycles. The Morgan fingerprint density at radius 2 is 1.86 bits per heavy atom. The number of aryl methyl sites for hydroxylation is 1. The first-order chi connectivity index (χ1) is 10.2. The van der Waals surface area contributed by atoms with Crippen LogP contribution in [0.25, 0.3) is 0 Å². The van der Waals surface area contributed by atoms with Crippen molar-refractivity contribution >= 4 is 11.6 Å². The second-order valence-electron chi connectivity index (χ2n) is 6.55. The highest BCUT2D eigenvalue weighted by atomic mass is 15.2. The molecule has 116 valence electrons. The maximum atomic E-state index is 4.81. The second kappa shape index (κ2) is 6.20. The molecule has 21 heavy (non-hydrogen) atoms. The van der Waals surface area contributed by atoms with Crippen molar-refractivity contribution in [3.05, 3.63) is 11.4 Å². The van der Waals surface area contributed by atoms with Crippen molar-refractivity contribution in [3.63, 3.8) is 0 Å². The summed E-state index contributed by atoms with van der Waals surface area (Å²) in [6.45, 7) is 8.35. The number of piperidine rings is 1. The summed E-state index contributed by atoms with van der Waals surface area (Å²) < 4.78 is 0. The number of rotatable bonds is 3. The molecule has 3 rings (SSSR count). The Morgan fingerprint density at radius 3 is 2.67 bits per heavy atom. The van der Waals surface area contributed by atoms with Crippen molar-refractivity contribution in [2.24, 2.45) is 5.92 Å². The summed E-state index contributed by atoms with van der Waals surface area (Å²) in [5.41, 5.74) is 1.22. The van der Waals surface area contributed by atoms with Gasteiger partial charge in [0.1, 0.15) is 17.5 Å². The van der Waals surface area contributed by atoms with E-state index in [1.54, 1.807) is 0 Å². The molecule has 2 atom stereocenters. The van der Waals surface area contributed by atoms with Crippen molar-refractivity contribution in [2.45, 2.75) is 65.3 Å². The fourth-order valence-electron chi connectivity index (χ4n) is 4.12. The van der Waals surface area contributed by atoms with Crippen LogP contribution < -0.4 is 10.2 Å². The first kappa shape index (κ1) is 14.6. The Morgan fingerprint density at radius 1 is 1.10 bits per heavy atom. The zero-order valence-electron chi connectivity index (χ0n) is 13.7. The fourth-order valence-corrected chi connectivity index (χ4v) is 4.12. The van der Waals surface area contributed by atoms with Gasteiger partial charge in [-0.05, 0) is 52.4 Å². The summed E-state index contributed by atoms with van der Waals surface area (Å²) in [5, 5.41) is 3.39. The molecule has 0 amide bonds. The SMILES string of the molecule is CCNc1nc(C)nc(N2CCCC3CCCCC32)c1C. The normalized spacial score (nSPS) is 25.6. The molecule has 0 aromatic carbocycles. The molecule has 4 heteroatoms. The number of fused-ring (bicyclic) bond motifs is 1. The van der Waals surface area contributed by atoms with E-state index in [1.165, 1.54) is 49.9 Å². The summed E-state index contributed by atoms with van der Waals surface area (Å²) in [5.74, 6) is 3.95. The zero-order chi connectivity index (χ0) is 14.8. The lowest BCUT2D eigenvalue weighted by Crippen LogP contribution is -2.47. The standard InChI is InChI=1S/C17H28N4/c1-4-18-16-12(2)17(20-13(3)19-16)21-11-7-9-14-8-5-6-10-15(14)21/h14-15H,4-11H2,1-3H3,(H,18,19,20). The quantitative estimate of drug-likeness (QED) is 0.921. The second-order valence-corrected chi connectivity index (χ2v) is 6.55. The van der Waals surface area contributed by atoms with Gasteiger partial charge in [-0.3, -0.25) is 0 Å². The fraction of sp³-hybridized carbons (Fsp3) is 0.765. The average Bonchev–Trinajstić information content (AvgIpc) is 2.50. The number of nitrogens with one attached hydrogen (secondary N) is 1. The summed E-state index contributed by atoms with van der Waals surface area (Å²) in [4.78, 5) is 12.0. The molecule has 2 aliphatic rings. The van der Waals surface area contributed by atoms with Crippen LogP contribution in [-0.4, -0.2) is 29.1 Å². The Kier molecular flexibility index (Phi) is 4.32. The van der Waals surface area contributed by atoms with Crippen LogP contribution in [0.4, 0.5) is 11.6 Å². The summed E-state index contributed by atoms with van der Waals surface area (Å²) in [7, 11) is 0. The van der Waals surface area contributed by atoms with Crippen LogP contribution in [0.3, 0.4) is 0 Å². The van der Waals surface area contributed by atoms with Gasteiger partial charge in [0, 0.05) is 24.7 Å². The minimum Gasteiger partial charge on any atom is -0.370 e. The van der Waals surface area contributed by atoms with E-state index in [1.807, 2.05) is 6.92 Å². The van der Waals surface area contributed by atoms with Gasteiger partial charge >= 0.3 is 0 Å². The molecule has 1 N–H and O–H groups in total. The Bertz CT molecular complexity index is 498. The van der Waals surface area contributed by atoms with Crippen LogP contribution in [0, 0.1) is 19.8 Å². The average molecular weight is 288 g/mol. The predicted octanol–water partition coefficient (Wildman–Crippen LogP) is 3.68. The van der Waals surface area contributed by atoms with Crippen LogP contribution in [0.2, 0.25) is 0 Å². The van der Waals surface area contributed by atoms with Gasteiger partial charge in [-0.1, -0.05) is 12.8 Å². The van der Waals surface area contributed by atoms with E-state index in [0.717, 1.165) is 30.6 Å². The molecule has 1 aromatic rings. The molecule has 1 aliphatic heterocycles. The van der Waals surface area contributed by atoms with E-state index in [4.69, 9.17) is 4.98 Å². The third-order valence-corrected chi connectivity index (χ3v) is 5.09. The molecular weight excluding hydrogens is 260 g/mol. The third kappa shape index (κ3) is 2.85. The Balaban J connectivity index is 1.94. The molecule has 0 bridgehead atoms. The molecule has 2 unspecified atom stereocenters. The molecule has 1 saturated carbocycles. The van der Waals surface area contributed by atoms with Gasteiger partial charge in [-0.15, -0.1) is 0 Å². The molecule has 1 aromatic heterocycles. The number of nitrogens with zero attached hydrogens (tertiary/aromatic N) is 3. The van der Waals surface area contributed by atoms with Crippen molar-refractivity contribution < 1.29 is 0 Å². The van der Waals surface area contributed by atoms with Crippen molar-refractivity contribution in [1.29, 1.82) is 0 Å². The topological polar surface area (TPSA) is 41.1 Å². The lowest BCUT2D eigenvalue weighted by Gasteiger charge is -2.45. The van der Waals surface area contributed by atoms with Crippen LogP contribution in [-0.2, 0) is 0 Å². The molecular formula is C17H28N4. The highest BCUT2D eigenvalue weighted by Gasteiger charge is 2.34. The van der Waals surface area contributed by atoms with Crippen LogP contribution in [0.1, 0.15) is 56.8 Å². The van der Waals surface area contributed by atoms with Crippen molar-refractivity contribution in [2.75, 3.05) is 23.3 Å². The molecule has 0 radical (unpaired) electrons. The van der Waals surface area contributed by atoms with E-state index in [0.29, 0.717) is 6.04 Å². The number of anilines is 2. The lowest BCUT2D eigenvalue weighted by atomic mass is 9.78. The highest BCUT2D eigenvalue weighted by Crippen LogP contribution is 2.38. The van der Waals surface area contributed by atoms with Gasteiger partial charge in [0.05, 0.1) is 0 Å². The monoisotopic (exact) mass is 288 g/mol. The van der Waals surface area contributed by atoms with Gasteiger partial charge in [0.15, 0.2) is 0 Å². The van der Waals surface area contributed by atoms with Gasteiger partial charge in [0.2, 0.25) is 0 Å². The molecule has 4 nitrogen and oxygen atoms in total. The van der Waals surface area contributed by atoms with E-state index in [2.05, 4.69) is 29.0 Å². The maximum Gasteiger partial charge on any atom is 0.137 e. The highest BCUT2D eigenvalue weighted by molar-refractivity contribution is 5.59. The molecule has 2 fully saturated rings. The van der Waals surface area contributed by atoms with Gasteiger partial charge in [0.25, 0.3) is 0 Å². The molecule has 1 saturated heterocycles. The van der Waals surface area contributed by atoms with Gasteiger partial charge in [-0.25, -0.2) is 9.97 Å². The molecule has 0 spiro atoms. The van der Waals surface area contributed by atoms with Crippen molar-refractivity contribution in [3.8, 4) is 0 Å². The Labute approximate surface area is 128 Å². The van der Waals surface area contributed by atoms with Gasteiger partial charge < -0.3 is 10.2 Å². The zero-order valence-corrected chi connectivity index (χ0v) is 13.7. The first-order valence-electron chi connectivity index (χ1n) is 8.56. The van der Waals surface area contributed by atoms with Gasteiger partial charge in [-0.2, -0.15) is 0 Å². The maximum absolute atomic E-state index is 4.81. The van der Waals surface area contributed by atoms with Crippen molar-refractivity contribution in [1.82, 2.24) is 9.97 Å². The minimum absolute atomic E-state index is 0.704. The van der Waals surface area contributed by atoms with E-state index < -0.39 is 0 Å². The number of aromatic nitrogens is 2. The third-order valence-electron chi connectivity index (χ3n) is 5.09. The van der Waals surface area contributed by atoms with Crippen LogP contribution in [0.15, 0.2) is 0 Å². The van der Waals surface area contributed by atoms with Crippen LogP contribution >= 0.6 is 0 Å². The number of hydrogen-bond donors (Lipinski definition) is 1. The summed E-state index contributed by atoms with van der Waals surface area (Å²) in [6, 6.07) is 0.704. The summed E-state index contributed by atoms with van der Waals surface area (Å²) in [6.07, 6.45) is 8.25. The predicted molar refractivity (Wildman–Crippen MR) is 88.0 cm³/mol. The first-order valence-corrected chi connectivity index (χ1v) is 8.56. The van der Waals surface area contributed by atoms with E-state index >= 15 is 0 Å². The lowest BCUT2D eigenvalue weighted by molar-refractivity contribution is 0.242. The number of hydrogen-bond acceptors (Lipinski definition) is 4. The van der Waals surface area contributed by atoms with Crippen LogP contribution in [0.5, 0.6) is 0 Å². The largest absolute Gasteiger partial charge is 0.370 e. The summed E-state index contributed by atoms with van der Waals surface area (Å²) >= 11 is 0. The molecule has 2 heterocycles. The van der Waals surface area contributed by atoms with E-state index in [9.17, 15) is 0 Å². The Hall–Kier alpha value is -1.32. The smallest absolute Gasteiger partial charge is 0.137 e.